The number of morpholine rings is 1. The molecule has 0 bridgehead atoms. The Hall–Kier alpha value is -3.82. The van der Waals surface area contributed by atoms with Gasteiger partial charge in [-0.25, -0.2) is 0 Å². The van der Waals surface area contributed by atoms with Crippen LogP contribution in [-0.4, -0.2) is 79.7 Å². The molecule has 0 saturated carbocycles. The number of aliphatic hydroxyl groups excluding tert-OH is 1. The van der Waals surface area contributed by atoms with Crippen LogP contribution in [0.2, 0.25) is 0 Å². The number of para-hydroxylation sites is 1. The van der Waals surface area contributed by atoms with E-state index >= 15 is 0 Å². The number of furan rings is 1. The van der Waals surface area contributed by atoms with Crippen LogP contribution < -0.4 is 9.47 Å². The number of carbonyl (C=O) groups is 2. The minimum Gasteiger partial charge on any atom is -0.503 e. The Balaban J connectivity index is 1.51. The maximum atomic E-state index is 13.8. The van der Waals surface area contributed by atoms with Crippen LogP contribution in [0.1, 0.15) is 41.9 Å². The summed E-state index contributed by atoms with van der Waals surface area (Å²) in [4.78, 5) is 31.0. The molecule has 9 nitrogen and oxygen atoms in total. The molecule has 9 heteroatoms. The van der Waals surface area contributed by atoms with Crippen molar-refractivity contribution in [3.05, 3.63) is 71.2 Å². The summed E-state index contributed by atoms with van der Waals surface area (Å²) >= 11 is 0. The van der Waals surface area contributed by atoms with Crippen molar-refractivity contribution in [1.29, 1.82) is 0 Å². The number of benzene rings is 2. The Bertz CT molecular complexity index is 1340. The predicted octanol–water partition coefficient (Wildman–Crippen LogP) is 4.53. The normalized spacial score (nSPS) is 18.3. The first-order valence-electron chi connectivity index (χ1n) is 13.4. The zero-order chi connectivity index (χ0) is 27.4. The lowest BCUT2D eigenvalue weighted by molar-refractivity contribution is -0.129. The standard InChI is InChI=1S/C30H34N2O7/c1-3-4-15-38-23-10-9-21(19-24(23)36-2)27-26(28(33)25-18-20-7-5-6-8-22(20)39-25)29(34)30(35)32(27)12-11-31-13-16-37-17-14-31/h5-10,18-19,27,34H,3-4,11-17H2,1-2H3. The van der Waals surface area contributed by atoms with E-state index in [0.717, 1.165) is 31.3 Å². The molecule has 1 aromatic heterocycles. The molecule has 1 unspecified atom stereocenters. The number of hydrogen-bond donors (Lipinski definition) is 1. The van der Waals surface area contributed by atoms with Crippen molar-refractivity contribution in [1.82, 2.24) is 9.80 Å². The number of amides is 1. The van der Waals surface area contributed by atoms with Crippen molar-refractivity contribution < 1.29 is 33.3 Å². The van der Waals surface area contributed by atoms with E-state index in [1.54, 1.807) is 36.3 Å². The topological polar surface area (TPSA) is 102 Å². The van der Waals surface area contributed by atoms with Gasteiger partial charge in [0.2, 0.25) is 5.78 Å². The zero-order valence-electron chi connectivity index (χ0n) is 22.4. The third-order valence-corrected chi connectivity index (χ3v) is 7.22. The number of ether oxygens (including phenoxy) is 3. The number of carbonyl (C=O) groups excluding carboxylic acids is 2. The lowest BCUT2D eigenvalue weighted by Gasteiger charge is -2.31. The first-order valence-corrected chi connectivity index (χ1v) is 13.4. The van der Waals surface area contributed by atoms with Gasteiger partial charge in [-0.3, -0.25) is 14.5 Å². The van der Waals surface area contributed by atoms with Crippen LogP contribution in [0.15, 0.2) is 64.3 Å². The molecular formula is C30H34N2O7. The molecule has 1 atom stereocenters. The Labute approximate surface area is 227 Å². The zero-order valence-corrected chi connectivity index (χ0v) is 22.4. The van der Waals surface area contributed by atoms with Crippen LogP contribution in [0, 0.1) is 0 Å². The van der Waals surface area contributed by atoms with Crippen LogP contribution in [0.25, 0.3) is 11.0 Å². The van der Waals surface area contributed by atoms with Crippen LogP contribution in [-0.2, 0) is 9.53 Å². The molecular weight excluding hydrogens is 500 g/mol. The second-order valence-electron chi connectivity index (χ2n) is 9.71. The van der Waals surface area contributed by atoms with Crippen LogP contribution >= 0.6 is 0 Å². The lowest BCUT2D eigenvalue weighted by Crippen LogP contribution is -2.43. The van der Waals surface area contributed by atoms with E-state index in [0.29, 0.717) is 55.6 Å². The van der Waals surface area contributed by atoms with E-state index in [1.807, 2.05) is 24.3 Å². The van der Waals surface area contributed by atoms with Crippen molar-refractivity contribution >= 4 is 22.7 Å². The highest BCUT2D eigenvalue weighted by molar-refractivity contribution is 6.16. The summed E-state index contributed by atoms with van der Waals surface area (Å²) in [6, 6.07) is 13.5. The Kier molecular flexibility index (Phi) is 8.18. The largest absolute Gasteiger partial charge is 0.503 e. The first kappa shape index (κ1) is 26.8. The SMILES string of the molecule is CCCCOc1ccc(C2C(C(=O)c3cc4ccccc4o3)=C(O)C(=O)N2CCN2CCOCC2)cc1OC. The first-order chi connectivity index (χ1) is 19.0. The maximum Gasteiger partial charge on any atom is 0.290 e. The number of fused-ring (bicyclic) bond motifs is 1. The van der Waals surface area contributed by atoms with E-state index < -0.39 is 23.5 Å². The van der Waals surface area contributed by atoms with Crippen molar-refractivity contribution in [2.75, 3.05) is 53.1 Å². The second-order valence-corrected chi connectivity index (χ2v) is 9.71. The molecule has 1 amide bonds. The molecule has 1 saturated heterocycles. The average Bonchev–Trinajstić information content (AvgIpc) is 3.51. The van der Waals surface area contributed by atoms with Gasteiger partial charge in [0, 0.05) is 31.6 Å². The minimum absolute atomic E-state index is 0.0114. The highest BCUT2D eigenvalue weighted by Gasteiger charge is 2.44. The summed E-state index contributed by atoms with van der Waals surface area (Å²) in [6.07, 6.45) is 1.91. The molecule has 3 heterocycles. The molecule has 2 aromatic carbocycles. The third-order valence-electron chi connectivity index (χ3n) is 7.22. The van der Waals surface area contributed by atoms with Crippen molar-refractivity contribution in [2.24, 2.45) is 0 Å². The molecule has 2 aliphatic heterocycles. The molecule has 0 aliphatic carbocycles. The van der Waals surface area contributed by atoms with Gasteiger partial charge in [-0.15, -0.1) is 0 Å². The third kappa shape index (κ3) is 5.51. The summed E-state index contributed by atoms with van der Waals surface area (Å²) in [5, 5.41) is 11.8. The van der Waals surface area contributed by atoms with E-state index in [2.05, 4.69) is 11.8 Å². The van der Waals surface area contributed by atoms with Gasteiger partial charge in [0.15, 0.2) is 23.0 Å². The molecule has 0 spiro atoms. The van der Waals surface area contributed by atoms with Gasteiger partial charge in [-0.2, -0.15) is 0 Å². The monoisotopic (exact) mass is 534 g/mol. The van der Waals surface area contributed by atoms with E-state index in [9.17, 15) is 14.7 Å². The summed E-state index contributed by atoms with van der Waals surface area (Å²) in [6.45, 7) is 6.33. The van der Waals surface area contributed by atoms with Gasteiger partial charge in [0.25, 0.3) is 5.91 Å². The number of methoxy groups -OCH3 is 1. The number of unbranched alkanes of at least 4 members (excludes halogenated alkanes) is 1. The molecule has 1 N–H and O–H groups in total. The second kappa shape index (κ2) is 11.9. The molecule has 39 heavy (non-hydrogen) atoms. The molecule has 2 aliphatic rings. The summed E-state index contributed by atoms with van der Waals surface area (Å²) in [5.74, 6) is -0.539. The number of nitrogens with zero attached hydrogens (tertiary/aromatic N) is 2. The fraction of sp³-hybridized carbons (Fsp3) is 0.400. The predicted molar refractivity (Wildman–Crippen MR) is 145 cm³/mol. The Morgan fingerprint density at radius 2 is 1.87 bits per heavy atom. The van der Waals surface area contributed by atoms with Crippen molar-refractivity contribution in [2.45, 2.75) is 25.8 Å². The van der Waals surface area contributed by atoms with E-state index in [1.165, 1.54) is 0 Å². The van der Waals surface area contributed by atoms with E-state index in [4.69, 9.17) is 18.6 Å². The van der Waals surface area contributed by atoms with Crippen LogP contribution in [0.5, 0.6) is 11.5 Å². The smallest absolute Gasteiger partial charge is 0.290 e. The van der Waals surface area contributed by atoms with Crippen molar-refractivity contribution in [3.63, 3.8) is 0 Å². The number of rotatable bonds is 11. The number of Topliss-reactive ketones (excluding diaryl/α,β-unsaturated/α-hetero) is 1. The quantitative estimate of drug-likeness (QED) is 0.283. The van der Waals surface area contributed by atoms with Gasteiger partial charge in [0.1, 0.15) is 5.58 Å². The lowest BCUT2D eigenvalue weighted by atomic mass is 9.94. The van der Waals surface area contributed by atoms with Gasteiger partial charge in [-0.1, -0.05) is 37.6 Å². The molecule has 206 valence electrons. The van der Waals surface area contributed by atoms with E-state index in [-0.39, 0.29) is 11.3 Å². The van der Waals surface area contributed by atoms with Crippen LogP contribution in [0.3, 0.4) is 0 Å². The molecule has 0 radical (unpaired) electrons. The summed E-state index contributed by atoms with van der Waals surface area (Å²) in [7, 11) is 1.55. The van der Waals surface area contributed by atoms with Crippen LogP contribution in [0.4, 0.5) is 0 Å². The average molecular weight is 535 g/mol. The molecule has 5 rings (SSSR count). The van der Waals surface area contributed by atoms with Gasteiger partial charge < -0.3 is 28.6 Å². The minimum atomic E-state index is -0.821. The summed E-state index contributed by atoms with van der Waals surface area (Å²) in [5.41, 5.74) is 1.18. The van der Waals surface area contributed by atoms with Gasteiger partial charge in [-0.05, 0) is 36.2 Å². The number of aliphatic hydroxyl groups is 1. The highest BCUT2D eigenvalue weighted by Crippen LogP contribution is 2.42. The fourth-order valence-electron chi connectivity index (χ4n) is 5.06. The maximum absolute atomic E-state index is 13.8. The Morgan fingerprint density at radius 3 is 2.62 bits per heavy atom. The summed E-state index contributed by atoms with van der Waals surface area (Å²) < 4.78 is 22.8. The fourth-order valence-corrected chi connectivity index (χ4v) is 5.06. The number of ketones is 1. The van der Waals surface area contributed by atoms with Gasteiger partial charge in [0.05, 0.1) is 38.5 Å². The van der Waals surface area contributed by atoms with Crippen molar-refractivity contribution in [3.8, 4) is 11.5 Å². The van der Waals surface area contributed by atoms with Gasteiger partial charge >= 0.3 is 0 Å². The number of hydrogen-bond acceptors (Lipinski definition) is 8. The highest BCUT2D eigenvalue weighted by atomic mass is 16.5. The molecule has 3 aromatic rings. The Morgan fingerprint density at radius 1 is 1.08 bits per heavy atom. The molecule has 1 fully saturated rings.